The van der Waals surface area contributed by atoms with Crippen LogP contribution in [0.15, 0.2) is 0 Å². The predicted molar refractivity (Wildman–Crippen MR) is 39.8 cm³/mol. The molecule has 0 bridgehead atoms. The van der Waals surface area contributed by atoms with Gasteiger partial charge < -0.3 is 10.5 Å². The molecular weight excluding hydrogens is 130 g/mol. The number of hydrogen-bond acceptors (Lipinski definition) is 3. The number of hydrogen-bond donors (Lipinski definition) is 1. The lowest BCUT2D eigenvalue weighted by Gasteiger charge is -2.06. The fourth-order valence-corrected chi connectivity index (χ4v) is 0.537. The summed E-state index contributed by atoms with van der Waals surface area (Å²) in [6, 6.07) is -0.341. The molecular formula is C7H15NO2. The van der Waals surface area contributed by atoms with Crippen molar-refractivity contribution in [1.82, 2.24) is 0 Å². The zero-order valence-electron chi connectivity index (χ0n) is 6.59. The average molecular weight is 145 g/mol. The second kappa shape index (κ2) is 5.38. The highest BCUT2D eigenvalue weighted by Gasteiger charge is 2.09. The normalized spacial score (nSPS) is 13.1. The molecule has 0 aromatic heterocycles. The molecule has 0 saturated carbocycles. The van der Waals surface area contributed by atoms with E-state index in [2.05, 4.69) is 0 Å². The first kappa shape index (κ1) is 9.59. The first-order valence-corrected chi connectivity index (χ1v) is 3.58. The molecule has 1 unspecified atom stereocenters. The average Bonchev–Trinajstić information content (AvgIpc) is 1.98. The van der Waals surface area contributed by atoms with Crippen LogP contribution < -0.4 is 5.73 Å². The quantitative estimate of drug-likeness (QED) is 0.606. The summed E-state index contributed by atoms with van der Waals surface area (Å²) >= 11 is 0. The predicted octanol–water partition coefficient (Wildman–Crippen LogP) is 0.329. The minimum atomic E-state index is -0.341. The van der Waals surface area contributed by atoms with Crippen LogP contribution >= 0.6 is 0 Å². The lowest BCUT2D eigenvalue weighted by molar-refractivity contribution is -0.124. The van der Waals surface area contributed by atoms with E-state index in [0.717, 1.165) is 0 Å². The van der Waals surface area contributed by atoms with Crippen LogP contribution in [0.1, 0.15) is 20.3 Å². The molecule has 0 aliphatic heterocycles. The molecule has 0 radical (unpaired) electrons. The Bertz CT molecular complexity index is 104. The maximum Gasteiger partial charge on any atom is 0.175 e. The SMILES string of the molecule is CCOCC(=O)C(N)CC. The molecule has 3 heteroatoms. The number of nitrogens with two attached hydrogens (primary N) is 1. The molecule has 60 valence electrons. The van der Waals surface area contributed by atoms with E-state index in [4.69, 9.17) is 10.5 Å². The smallest absolute Gasteiger partial charge is 0.175 e. The highest BCUT2D eigenvalue weighted by Crippen LogP contribution is 1.88. The summed E-state index contributed by atoms with van der Waals surface area (Å²) in [6.45, 7) is 4.47. The Morgan fingerprint density at radius 2 is 2.20 bits per heavy atom. The van der Waals surface area contributed by atoms with Gasteiger partial charge in [-0.05, 0) is 13.3 Å². The molecule has 3 nitrogen and oxygen atoms in total. The van der Waals surface area contributed by atoms with E-state index in [-0.39, 0.29) is 18.4 Å². The molecule has 0 heterocycles. The van der Waals surface area contributed by atoms with E-state index in [9.17, 15) is 4.79 Å². The minimum Gasteiger partial charge on any atom is -0.374 e. The van der Waals surface area contributed by atoms with Crippen molar-refractivity contribution in [1.29, 1.82) is 0 Å². The van der Waals surface area contributed by atoms with Crippen molar-refractivity contribution in [2.45, 2.75) is 26.3 Å². The van der Waals surface area contributed by atoms with Crippen LogP contribution in [0.5, 0.6) is 0 Å². The number of rotatable bonds is 5. The van der Waals surface area contributed by atoms with Gasteiger partial charge in [-0.15, -0.1) is 0 Å². The van der Waals surface area contributed by atoms with Crippen LogP contribution in [0.4, 0.5) is 0 Å². The Labute approximate surface area is 61.5 Å². The number of carbonyl (C=O) groups is 1. The Morgan fingerprint density at radius 1 is 1.60 bits per heavy atom. The Hall–Kier alpha value is -0.410. The lowest BCUT2D eigenvalue weighted by atomic mass is 10.1. The largest absolute Gasteiger partial charge is 0.374 e. The Kier molecular flexibility index (Phi) is 5.16. The number of ether oxygens (including phenoxy) is 1. The minimum absolute atomic E-state index is 0.00986. The summed E-state index contributed by atoms with van der Waals surface area (Å²) in [6.07, 6.45) is 0.686. The summed E-state index contributed by atoms with van der Waals surface area (Å²) in [7, 11) is 0. The molecule has 1 atom stereocenters. The molecule has 0 spiro atoms. The van der Waals surface area contributed by atoms with Gasteiger partial charge >= 0.3 is 0 Å². The summed E-state index contributed by atoms with van der Waals surface area (Å²) in [5.74, 6) is -0.00986. The first-order chi connectivity index (χ1) is 4.72. The summed E-state index contributed by atoms with van der Waals surface area (Å²) < 4.78 is 4.89. The van der Waals surface area contributed by atoms with E-state index < -0.39 is 0 Å². The van der Waals surface area contributed by atoms with Gasteiger partial charge in [0.1, 0.15) is 6.61 Å². The third kappa shape index (κ3) is 3.58. The molecule has 0 aliphatic carbocycles. The van der Waals surface area contributed by atoms with Crippen molar-refractivity contribution in [3.8, 4) is 0 Å². The van der Waals surface area contributed by atoms with Crippen molar-refractivity contribution in [3.63, 3.8) is 0 Å². The molecule has 0 aromatic carbocycles. The van der Waals surface area contributed by atoms with Gasteiger partial charge in [0.25, 0.3) is 0 Å². The molecule has 0 aliphatic rings. The van der Waals surface area contributed by atoms with Crippen molar-refractivity contribution >= 4 is 5.78 Å². The molecule has 0 fully saturated rings. The summed E-state index contributed by atoms with van der Waals surface area (Å²) in [4.78, 5) is 10.9. The van der Waals surface area contributed by atoms with Crippen molar-refractivity contribution in [2.24, 2.45) is 5.73 Å². The van der Waals surface area contributed by atoms with Crippen LogP contribution in [-0.2, 0) is 9.53 Å². The van der Waals surface area contributed by atoms with Gasteiger partial charge in [-0.1, -0.05) is 6.92 Å². The Balaban J connectivity index is 3.42. The summed E-state index contributed by atoms with van der Waals surface area (Å²) in [5, 5.41) is 0. The monoisotopic (exact) mass is 145 g/mol. The third-order valence-electron chi connectivity index (χ3n) is 1.30. The standard InChI is InChI=1S/C7H15NO2/c1-3-6(8)7(9)5-10-4-2/h6H,3-5,8H2,1-2H3. The van der Waals surface area contributed by atoms with Crippen molar-refractivity contribution < 1.29 is 9.53 Å². The highest BCUT2D eigenvalue weighted by atomic mass is 16.5. The van der Waals surface area contributed by atoms with E-state index >= 15 is 0 Å². The van der Waals surface area contributed by atoms with Gasteiger partial charge in [-0.2, -0.15) is 0 Å². The maximum absolute atomic E-state index is 10.9. The fourth-order valence-electron chi connectivity index (χ4n) is 0.537. The van der Waals surface area contributed by atoms with E-state index in [1.165, 1.54) is 0 Å². The van der Waals surface area contributed by atoms with E-state index in [1.54, 1.807) is 0 Å². The fraction of sp³-hybridized carbons (Fsp3) is 0.857. The topological polar surface area (TPSA) is 52.3 Å². The maximum atomic E-state index is 10.9. The highest BCUT2D eigenvalue weighted by molar-refractivity contribution is 5.84. The van der Waals surface area contributed by atoms with Crippen molar-refractivity contribution in [3.05, 3.63) is 0 Å². The second-order valence-corrected chi connectivity index (χ2v) is 2.12. The number of carbonyl (C=O) groups excluding carboxylic acids is 1. The molecule has 2 N–H and O–H groups in total. The van der Waals surface area contributed by atoms with Gasteiger partial charge in [-0.3, -0.25) is 4.79 Å². The first-order valence-electron chi connectivity index (χ1n) is 3.58. The Morgan fingerprint density at radius 3 is 2.60 bits per heavy atom. The van der Waals surface area contributed by atoms with Crippen LogP contribution in [0.2, 0.25) is 0 Å². The zero-order chi connectivity index (χ0) is 7.98. The number of Topliss-reactive ketones (excluding diaryl/α,β-unsaturated/α-hetero) is 1. The van der Waals surface area contributed by atoms with Crippen LogP contribution in [-0.4, -0.2) is 25.0 Å². The number of ketones is 1. The molecule has 0 saturated heterocycles. The lowest BCUT2D eigenvalue weighted by Crippen LogP contribution is -2.32. The van der Waals surface area contributed by atoms with Crippen LogP contribution in [0, 0.1) is 0 Å². The van der Waals surface area contributed by atoms with Crippen LogP contribution in [0.3, 0.4) is 0 Å². The zero-order valence-corrected chi connectivity index (χ0v) is 6.59. The molecule has 0 aromatic rings. The third-order valence-corrected chi connectivity index (χ3v) is 1.30. The van der Waals surface area contributed by atoms with Crippen molar-refractivity contribution in [2.75, 3.05) is 13.2 Å². The molecule has 10 heavy (non-hydrogen) atoms. The van der Waals surface area contributed by atoms with E-state index in [1.807, 2.05) is 13.8 Å². The van der Waals surface area contributed by atoms with Crippen LogP contribution in [0.25, 0.3) is 0 Å². The van der Waals surface area contributed by atoms with Gasteiger partial charge in [0.15, 0.2) is 5.78 Å². The molecule has 0 amide bonds. The van der Waals surface area contributed by atoms with Gasteiger partial charge in [0.05, 0.1) is 6.04 Å². The van der Waals surface area contributed by atoms with E-state index in [0.29, 0.717) is 13.0 Å². The van der Waals surface area contributed by atoms with Gasteiger partial charge in [0.2, 0.25) is 0 Å². The van der Waals surface area contributed by atoms with Gasteiger partial charge in [-0.25, -0.2) is 0 Å². The second-order valence-electron chi connectivity index (χ2n) is 2.12. The molecule has 0 rings (SSSR count). The summed E-state index contributed by atoms with van der Waals surface area (Å²) in [5.41, 5.74) is 5.43. The van der Waals surface area contributed by atoms with Gasteiger partial charge in [0, 0.05) is 6.61 Å².